The zero-order valence-electron chi connectivity index (χ0n) is 19.2. The molecule has 3 aromatic heterocycles. The number of hydrogen-bond donors (Lipinski definition) is 2. The van der Waals surface area contributed by atoms with Crippen LogP contribution in [0.3, 0.4) is 0 Å². The minimum absolute atomic E-state index is 0.0725. The average Bonchev–Trinajstić information content (AvgIpc) is 3.39. The van der Waals surface area contributed by atoms with E-state index in [9.17, 15) is 5.11 Å². The van der Waals surface area contributed by atoms with E-state index in [1.807, 2.05) is 25.2 Å². The third-order valence-electron chi connectivity index (χ3n) is 5.70. The van der Waals surface area contributed by atoms with Crippen molar-refractivity contribution in [1.82, 2.24) is 40.5 Å². The van der Waals surface area contributed by atoms with Gasteiger partial charge in [-0.3, -0.25) is 0 Å². The highest BCUT2D eigenvalue weighted by molar-refractivity contribution is 5.77. The maximum atomic E-state index is 10.7. The van der Waals surface area contributed by atoms with Gasteiger partial charge in [-0.05, 0) is 51.5 Å². The number of benzene rings is 1. The molecule has 170 valence electrons. The summed E-state index contributed by atoms with van der Waals surface area (Å²) in [6.07, 6.45) is 2.70. The van der Waals surface area contributed by atoms with Gasteiger partial charge in [-0.2, -0.15) is 0 Å². The van der Waals surface area contributed by atoms with Gasteiger partial charge in [-0.25, -0.2) is 14.6 Å². The Kier molecular flexibility index (Phi) is 5.16. The third kappa shape index (κ3) is 4.34. The SMILES string of the molecule is Cn1nnc2nc(-c3ccc(-c4cnc(N5CCC(NC(C)(C)C)C5)nn4)c(O)c3)ccc21. The fourth-order valence-corrected chi connectivity index (χ4v) is 4.20. The van der Waals surface area contributed by atoms with Gasteiger partial charge in [-0.15, -0.1) is 15.3 Å². The Morgan fingerprint density at radius 1 is 1.06 bits per heavy atom. The molecule has 1 atom stereocenters. The van der Waals surface area contributed by atoms with Crippen LogP contribution in [0.5, 0.6) is 5.75 Å². The van der Waals surface area contributed by atoms with E-state index in [2.05, 4.69) is 61.5 Å². The average molecular weight is 446 g/mol. The van der Waals surface area contributed by atoms with Crippen molar-refractivity contribution in [2.24, 2.45) is 7.05 Å². The molecule has 1 fully saturated rings. The summed E-state index contributed by atoms with van der Waals surface area (Å²) in [5.74, 6) is 0.697. The van der Waals surface area contributed by atoms with E-state index in [4.69, 9.17) is 0 Å². The standard InChI is InChI=1S/C23H27N9O/c1-23(2,3)26-15-9-10-32(13-15)22-24-12-18(27-29-22)16-6-5-14(11-20(16)33)17-7-8-19-21(25-17)28-30-31(19)4/h5-8,11-12,15,26,33H,9-10,13H2,1-4H3. The summed E-state index contributed by atoms with van der Waals surface area (Å²) in [5, 5.41) is 31.0. The molecule has 33 heavy (non-hydrogen) atoms. The molecule has 10 heteroatoms. The molecular weight excluding hydrogens is 418 g/mol. The molecule has 4 heterocycles. The van der Waals surface area contributed by atoms with Crippen LogP contribution < -0.4 is 10.2 Å². The Bertz CT molecular complexity index is 1290. The molecule has 0 saturated carbocycles. The maximum Gasteiger partial charge on any atom is 0.245 e. The van der Waals surface area contributed by atoms with Gasteiger partial charge in [0.2, 0.25) is 11.6 Å². The van der Waals surface area contributed by atoms with E-state index in [0.29, 0.717) is 34.6 Å². The number of aromatic nitrogens is 7. The number of aromatic hydroxyl groups is 1. The second kappa shape index (κ2) is 8.04. The number of pyridine rings is 1. The number of hydrogen-bond acceptors (Lipinski definition) is 9. The summed E-state index contributed by atoms with van der Waals surface area (Å²) in [6, 6.07) is 9.55. The minimum Gasteiger partial charge on any atom is -0.507 e. The number of phenols is 1. The van der Waals surface area contributed by atoms with E-state index in [1.165, 1.54) is 0 Å². The van der Waals surface area contributed by atoms with Gasteiger partial charge in [0.15, 0.2) is 0 Å². The molecular formula is C23H27N9O. The zero-order chi connectivity index (χ0) is 23.2. The third-order valence-corrected chi connectivity index (χ3v) is 5.70. The van der Waals surface area contributed by atoms with E-state index >= 15 is 0 Å². The molecule has 1 unspecified atom stereocenters. The van der Waals surface area contributed by atoms with Crippen molar-refractivity contribution in [2.45, 2.75) is 38.8 Å². The maximum absolute atomic E-state index is 10.7. The molecule has 1 aromatic carbocycles. The molecule has 0 amide bonds. The van der Waals surface area contributed by atoms with Gasteiger partial charge < -0.3 is 15.3 Å². The van der Waals surface area contributed by atoms with Gasteiger partial charge in [0, 0.05) is 42.8 Å². The molecule has 1 aliphatic heterocycles. The lowest BCUT2D eigenvalue weighted by Gasteiger charge is -2.25. The first-order chi connectivity index (χ1) is 15.8. The van der Waals surface area contributed by atoms with Crippen molar-refractivity contribution in [3.63, 3.8) is 0 Å². The van der Waals surface area contributed by atoms with Crippen LogP contribution in [0.25, 0.3) is 33.7 Å². The van der Waals surface area contributed by atoms with Crippen molar-refractivity contribution in [2.75, 3.05) is 18.0 Å². The minimum atomic E-state index is 0.0725. The fourth-order valence-electron chi connectivity index (χ4n) is 4.20. The topological polar surface area (TPSA) is 118 Å². The Morgan fingerprint density at radius 3 is 2.64 bits per heavy atom. The van der Waals surface area contributed by atoms with Crippen LogP contribution in [-0.2, 0) is 7.05 Å². The lowest BCUT2D eigenvalue weighted by molar-refractivity contribution is 0.373. The van der Waals surface area contributed by atoms with Gasteiger partial charge in [-0.1, -0.05) is 11.3 Å². The van der Waals surface area contributed by atoms with Crippen molar-refractivity contribution in [1.29, 1.82) is 0 Å². The molecule has 0 bridgehead atoms. The molecule has 0 aliphatic carbocycles. The highest BCUT2D eigenvalue weighted by atomic mass is 16.3. The summed E-state index contributed by atoms with van der Waals surface area (Å²) in [4.78, 5) is 11.2. The zero-order valence-corrected chi connectivity index (χ0v) is 19.2. The van der Waals surface area contributed by atoms with E-state index < -0.39 is 0 Å². The lowest BCUT2D eigenvalue weighted by atomic mass is 10.1. The normalized spacial score (nSPS) is 16.6. The van der Waals surface area contributed by atoms with Crippen LogP contribution >= 0.6 is 0 Å². The highest BCUT2D eigenvalue weighted by Crippen LogP contribution is 2.32. The first-order valence-corrected chi connectivity index (χ1v) is 11.0. The highest BCUT2D eigenvalue weighted by Gasteiger charge is 2.27. The second-order valence-electron chi connectivity index (χ2n) is 9.45. The smallest absolute Gasteiger partial charge is 0.245 e. The Balaban J connectivity index is 1.33. The number of nitrogens with one attached hydrogen (secondary N) is 1. The van der Waals surface area contributed by atoms with Gasteiger partial charge >= 0.3 is 0 Å². The fraction of sp³-hybridized carbons (Fsp3) is 0.391. The van der Waals surface area contributed by atoms with E-state index in [0.717, 1.165) is 30.6 Å². The molecule has 10 nitrogen and oxygen atoms in total. The van der Waals surface area contributed by atoms with Crippen LogP contribution in [0.2, 0.25) is 0 Å². The van der Waals surface area contributed by atoms with Crippen LogP contribution in [0.1, 0.15) is 27.2 Å². The number of anilines is 1. The molecule has 1 aliphatic rings. The van der Waals surface area contributed by atoms with Crippen molar-refractivity contribution >= 4 is 17.1 Å². The van der Waals surface area contributed by atoms with Crippen LogP contribution in [0.4, 0.5) is 5.95 Å². The van der Waals surface area contributed by atoms with E-state index in [1.54, 1.807) is 23.0 Å². The summed E-state index contributed by atoms with van der Waals surface area (Å²) >= 11 is 0. The number of aryl methyl sites for hydroxylation is 1. The predicted octanol–water partition coefficient (Wildman–Crippen LogP) is 2.55. The Hall–Kier alpha value is -3.66. The quantitative estimate of drug-likeness (QED) is 0.488. The Labute approximate surface area is 191 Å². The first-order valence-electron chi connectivity index (χ1n) is 11.0. The van der Waals surface area contributed by atoms with Crippen molar-refractivity contribution in [3.8, 4) is 28.3 Å². The van der Waals surface area contributed by atoms with E-state index in [-0.39, 0.29) is 11.3 Å². The number of nitrogens with zero attached hydrogens (tertiary/aromatic N) is 8. The summed E-state index contributed by atoms with van der Waals surface area (Å²) in [7, 11) is 1.82. The van der Waals surface area contributed by atoms with Gasteiger partial charge in [0.1, 0.15) is 17.0 Å². The van der Waals surface area contributed by atoms with Crippen molar-refractivity contribution in [3.05, 3.63) is 36.5 Å². The van der Waals surface area contributed by atoms with Gasteiger partial charge in [0.05, 0.1) is 11.9 Å². The van der Waals surface area contributed by atoms with Crippen molar-refractivity contribution < 1.29 is 5.11 Å². The molecule has 1 saturated heterocycles. The van der Waals surface area contributed by atoms with Crippen LogP contribution in [0.15, 0.2) is 36.5 Å². The number of rotatable bonds is 4. The number of phenolic OH excluding ortho intramolecular Hbond substituents is 1. The second-order valence-corrected chi connectivity index (χ2v) is 9.45. The summed E-state index contributed by atoms with van der Waals surface area (Å²) < 4.78 is 1.67. The van der Waals surface area contributed by atoms with Crippen LogP contribution in [-0.4, -0.2) is 64.9 Å². The lowest BCUT2D eigenvalue weighted by Crippen LogP contribution is -2.45. The Morgan fingerprint density at radius 2 is 1.91 bits per heavy atom. The summed E-state index contributed by atoms with van der Waals surface area (Å²) in [6.45, 7) is 8.25. The predicted molar refractivity (Wildman–Crippen MR) is 126 cm³/mol. The molecule has 0 radical (unpaired) electrons. The van der Waals surface area contributed by atoms with Crippen LogP contribution in [0, 0.1) is 0 Å². The monoisotopic (exact) mass is 445 g/mol. The molecule has 5 rings (SSSR count). The van der Waals surface area contributed by atoms with Gasteiger partial charge in [0.25, 0.3) is 0 Å². The largest absolute Gasteiger partial charge is 0.507 e. The first kappa shape index (κ1) is 21.2. The summed E-state index contributed by atoms with van der Waals surface area (Å²) in [5.41, 5.74) is 4.05. The molecule has 0 spiro atoms. The molecule has 2 N–H and O–H groups in total. The molecule has 4 aromatic rings. The number of fused-ring (bicyclic) bond motifs is 1.